The van der Waals surface area contributed by atoms with Crippen molar-refractivity contribution in [2.75, 3.05) is 6.54 Å². The van der Waals surface area contributed by atoms with E-state index in [0.717, 1.165) is 28.2 Å². The van der Waals surface area contributed by atoms with Crippen molar-refractivity contribution in [3.63, 3.8) is 0 Å². The Hall–Kier alpha value is -2.84. The molecule has 0 aromatic heterocycles. The van der Waals surface area contributed by atoms with Gasteiger partial charge in [-0.15, -0.1) is 0 Å². The van der Waals surface area contributed by atoms with E-state index in [1.165, 1.54) is 36.2 Å². The molecule has 0 fully saturated rings. The molecule has 3 rings (SSSR count). The van der Waals surface area contributed by atoms with Crippen LogP contribution in [0.5, 0.6) is 0 Å². The number of halogens is 4. The molecule has 0 aliphatic heterocycles. The van der Waals surface area contributed by atoms with Gasteiger partial charge in [0.1, 0.15) is 5.82 Å². The summed E-state index contributed by atoms with van der Waals surface area (Å²) < 4.78 is 53.4. The van der Waals surface area contributed by atoms with E-state index in [2.05, 4.69) is 5.32 Å². The van der Waals surface area contributed by atoms with E-state index < -0.39 is 11.7 Å². The van der Waals surface area contributed by atoms with Crippen LogP contribution in [-0.4, -0.2) is 22.8 Å². The lowest BCUT2D eigenvalue weighted by atomic mass is 10.0. The van der Waals surface area contributed by atoms with Crippen molar-refractivity contribution < 1.29 is 22.4 Å². The van der Waals surface area contributed by atoms with Gasteiger partial charge in [-0.1, -0.05) is 30.3 Å². The van der Waals surface area contributed by atoms with Crippen LogP contribution in [-0.2, 0) is 17.5 Å². The average molecular weight is 477 g/mol. The molecular formula is C25H24F4N2OS. The fourth-order valence-corrected chi connectivity index (χ4v) is 3.98. The molecule has 3 aromatic carbocycles. The third-order valence-electron chi connectivity index (χ3n) is 4.87. The molecular weight excluding hydrogens is 452 g/mol. The molecule has 0 unspecified atom stereocenters. The largest absolute Gasteiger partial charge is 0.416 e. The van der Waals surface area contributed by atoms with Crippen LogP contribution in [0.3, 0.4) is 0 Å². The monoisotopic (exact) mass is 476 g/mol. The van der Waals surface area contributed by atoms with E-state index in [9.17, 15) is 22.4 Å². The van der Waals surface area contributed by atoms with E-state index in [4.69, 9.17) is 0 Å². The van der Waals surface area contributed by atoms with Crippen molar-refractivity contribution in [3.05, 3.63) is 89.7 Å². The third kappa shape index (κ3) is 7.33. The van der Waals surface area contributed by atoms with Gasteiger partial charge in [-0.05, 0) is 85.0 Å². The van der Waals surface area contributed by atoms with Gasteiger partial charge in [0.05, 0.1) is 12.1 Å². The summed E-state index contributed by atoms with van der Waals surface area (Å²) in [4.78, 5) is 13.4. The Labute approximate surface area is 194 Å². The van der Waals surface area contributed by atoms with Crippen molar-refractivity contribution in [2.24, 2.45) is 0 Å². The molecule has 0 radical (unpaired) electrons. The number of nitrogens with zero attached hydrogens (tertiary/aromatic N) is 1. The van der Waals surface area contributed by atoms with Crippen molar-refractivity contribution in [1.29, 1.82) is 0 Å². The fraction of sp³-hybridized carbons (Fsp3) is 0.240. The first-order valence-corrected chi connectivity index (χ1v) is 11.1. The summed E-state index contributed by atoms with van der Waals surface area (Å²) in [6.07, 6.45) is -4.37. The van der Waals surface area contributed by atoms with Crippen LogP contribution in [0, 0.1) is 5.82 Å². The van der Waals surface area contributed by atoms with Gasteiger partial charge >= 0.3 is 6.18 Å². The molecule has 0 heterocycles. The van der Waals surface area contributed by atoms with Gasteiger partial charge < -0.3 is 5.32 Å². The van der Waals surface area contributed by atoms with Crippen LogP contribution in [0.15, 0.2) is 77.7 Å². The van der Waals surface area contributed by atoms with Crippen LogP contribution in [0.2, 0.25) is 0 Å². The summed E-state index contributed by atoms with van der Waals surface area (Å²) in [5.74, 6) is -0.482. The molecule has 0 aliphatic rings. The van der Waals surface area contributed by atoms with Gasteiger partial charge in [0.25, 0.3) is 0 Å². The second-order valence-corrected chi connectivity index (χ2v) is 8.89. The molecule has 0 aliphatic carbocycles. The molecule has 33 heavy (non-hydrogen) atoms. The number of carbonyl (C=O) groups is 1. The Balaban J connectivity index is 1.59. The molecule has 0 spiro atoms. The maximum Gasteiger partial charge on any atom is 0.416 e. The standard InChI is InChI=1S/C25H24F4N2OS/c1-17(2)31(33-23-12-10-22(26)11-13-23)16-24(32)30-15-18-4-3-5-20(14-18)19-6-8-21(9-7-19)25(27,28)29/h3-14,17H,15-16H2,1-2H3,(H,30,32). The lowest BCUT2D eigenvalue weighted by molar-refractivity contribution is -0.137. The van der Waals surface area contributed by atoms with Crippen LogP contribution >= 0.6 is 11.9 Å². The summed E-state index contributed by atoms with van der Waals surface area (Å²) in [7, 11) is 0. The second kappa shape index (κ2) is 10.9. The second-order valence-electron chi connectivity index (χ2n) is 7.77. The Morgan fingerprint density at radius 3 is 2.24 bits per heavy atom. The molecule has 0 saturated carbocycles. The SMILES string of the molecule is CC(C)N(CC(=O)NCc1cccc(-c2ccc(C(F)(F)F)cc2)c1)Sc1ccc(F)cc1. The number of nitrogens with one attached hydrogen (secondary N) is 1. The summed E-state index contributed by atoms with van der Waals surface area (Å²) in [6, 6.07) is 18.5. The number of carbonyl (C=O) groups excluding carboxylic acids is 1. The number of alkyl halides is 3. The zero-order chi connectivity index (χ0) is 24.0. The van der Waals surface area contributed by atoms with Gasteiger partial charge in [0.2, 0.25) is 5.91 Å². The van der Waals surface area contributed by atoms with Crippen LogP contribution in [0.1, 0.15) is 25.0 Å². The average Bonchev–Trinajstić information content (AvgIpc) is 2.78. The van der Waals surface area contributed by atoms with E-state index in [0.29, 0.717) is 12.1 Å². The highest BCUT2D eigenvalue weighted by molar-refractivity contribution is 7.97. The number of hydrogen-bond donors (Lipinski definition) is 1. The fourth-order valence-electron chi connectivity index (χ4n) is 3.06. The molecule has 3 nitrogen and oxygen atoms in total. The number of rotatable bonds is 8. The minimum absolute atomic E-state index is 0.0776. The van der Waals surface area contributed by atoms with Crippen LogP contribution < -0.4 is 5.32 Å². The van der Waals surface area contributed by atoms with Gasteiger partial charge in [-0.2, -0.15) is 13.2 Å². The lowest BCUT2D eigenvalue weighted by Gasteiger charge is -2.24. The highest BCUT2D eigenvalue weighted by Crippen LogP contribution is 2.31. The van der Waals surface area contributed by atoms with E-state index in [-0.39, 0.29) is 24.3 Å². The van der Waals surface area contributed by atoms with E-state index in [1.54, 1.807) is 18.2 Å². The van der Waals surface area contributed by atoms with Gasteiger partial charge in [-0.3, -0.25) is 4.79 Å². The molecule has 1 amide bonds. The molecule has 3 aromatic rings. The quantitative estimate of drug-likeness (QED) is 0.296. The predicted octanol–water partition coefficient (Wildman–Crippen LogP) is 6.55. The smallest absolute Gasteiger partial charge is 0.351 e. The summed E-state index contributed by atoms with van der Waals surface area (Å²) in [5.41, 5.74) is 1.58. The zero-order valence-corrected chi connectivity index (χ0v) is 19.0. The van der Waals surface area contributed by atoms with Crippen LogP contribution in [0.25, 0.3) is 11.1 Å². The first kappa shape index (κ1) is 24.8. The Morgan fingerprint density at radius 2 is 1.64 bits per heavy atom. The highest BCUT2D eigenvalue weighted by atomic mass is 32.2. The number of amides is 1. The Bertz CT molecular complexity index is 1070. The molecule has 0 bridgehead atoms. The van der Waals surface area contributed by atoms with Crippen molar-refractivity contribution in [2.45, 2.75) is 37.5 Å². The normalized spacial score (nSPS) is 11.8. The molecule has 174 valence electrons. The zero-order valence-electron chi connectivity index (χ0n) is 18.2. The lowest BCUT2D eigenvalue weighted by Crippen LogP contribution is -2.36. The van der Waals surface area contributed by atoms with Crippen molar-refractivity contribution in [3.8, 4) is 11.1 Å². The molecule has 8 heteroatoms. The maximum absolute atomic E-state index is 13.1. The number of benzene rings is 3. The number of hydrogen-bond acceptors (Lipinski definition) is 3. The van der Waals surface area contributed by atoms with Crippen molar-refractivity contribution in [1.82, 2.24) is 9.62 Å². The minimum atomic E-state index is -4.37. The predicted molar refractivity (Wildman–Crippen MR) is 123 cm³/mol. The summed E-state index contributed by atoms with van der Waals surface area (Å²) >= 11 is 1.38. The van der Waals surface area contributed by atoms with E-state index in [1.807, 2.05) is 36.4 Å². The first-order chi connectivity index (χ1) is 15.6. The topological polar surface area (TPSA) is 32.3 Å². The highest BCUT2D eigenvalue weighted by Gasteiger charge is 2.29. The third-order valence-corrected chi connectivity index (χ3v) is 6.14. The maximum atomic E-state index is 13.1. The first-order valence-electron chi connectivity index (χ1n) is 10.4. The van der Waals surface area contributed by atoms with Gasteiger partial charge in [0.15, 0.2) is 0 Å². The minimum Gasteiger partial charge on any atom is -0.351 e. The Kier molecular flexibility index (Phi) is 8.15. The van der Waals surface area contributed by atoms with E-state index >= 15 is 0 Å². The molecule has 0 saturated heterocycles. The molecule has 1 N–H and O–H groups in total. The van der Waals surface area contributed by atoms with Crippen LogP contribution in [0.4, 0.5) is 17.6 Å². The van der Waals surface area contributed by atoms with Crippen molar-refractivity contribution >= 4 is 17.9 Å². The Morgan fingerprint density at radius 1 is 0.970 bits per heavy atom. The summed E-state index contributed by atoms with van der Waals surface area (Å²) in [5, 5.41) is 2.88. The summed E-state index contributed by atoms with van der Waals surface area (Å²) in [6.45, 7) is 4.38. The van der Waals surface area contributed by atoms with Gasteiger partial charge in [0, 0.05) is 17.5 Å². The van der Waals surface area contributed by atoms with Gasteiger partial charge in [-0.25, -0.2) is 8.70 Å². The molecule has 0 atom stereocenters.